The Bertz CT molecular complexity index is 477. The van der Waals surface area contributed by atoms with Crippen molar-refractivity contribution in [3.05, 3.63) is 18.2 Å². The molecule has 2 atom stereocenters. The molecule has 2 N–H and O–H groups in total. The molecule has 0 radical (unpaired) electrons. The predicted octanol–water partition coefficient (Wildman–Crippen LogP) is 2.20. The molecule has 0 bridgehead atoms. The molecule has 1 aromatic carbocycles. The van der Waals surface area contributed by atoms with Crippen LogP contribution in [-0.4, -0.2) is 44.7 Å². The third-order valence-electron chi connectivity index (χ3n) is 4.92. The number of methoxy groups -OCH3 is 1. The quantitative estimate of drug-likeness (QED) is 0.840. The maximum Gasteiger partial charge on any atom is 0.121 e. The Kier molecular flexibility index (Phi) is 3.74. The summed E-state index contributed by atoms with van der Waals surface area (Å²) in [6.45, 7) is 3.49. The minimum Gasteiger partial charge on any atom is -0.497 e. The highest BCUT2D eigenvalue weighted by Crippen LogP contribution is 2.35. The van der Waals surface area contributed by atoms with Crippen LogP contribution >= 0.6 is 0 Å². The molecule has 0 aliphatic carbocycles. The van der Waals surface area contributed by atoms with Crippen LogP contribution in [0.3, 0.4) is 0 Å². The molecule has 20 heavy (non-hydrogen) atoms. The van der Waals surface area contributed by atoms with Gasteiger partial charge in [-0.1, -0.05) is 0 Å². The average Bonchev–Trinajstić information content (AvgIpc) is 2.47. The first-order valence-corrected chi connectivity index (χ1v) is 7.57. The van der Waals surface area contributed by atoms with Crippen molar-refractivity contribution >= 4 is 11.4 Å². The van der Waals surface area contributed by atoms with E-state index in [1.807, 2.05) is 12.1 Å². The van der Waals surface area contributed by atoms with Crippen molar-refractivity contribution in [1.29, 1.82) is 0 Å². The second kappa shape index (κ2) is 5.52. The van der Waals surface area contributed by atoms with Gasteiger partial charge in [0.2, 0.25) is 0 Å². The molecule has 0 amide bonds. The Balaban J connectivity index is 1.76. The van der Waals surface area contributed by atoms with Crippen LogP contribution in [-0.2, 0) is 0 Å². The van der Waals surface area contributed by atoms with E-state index < -0.39 is 0 Å². The number of piperidine rings is 2. The summed E-state index contributed by atoms with van der Waals surface area (Å²) in [6.07, 6.45) is 3.91. The van der Waals surface area contributed by atoms with E-state index in [0.717, 1.165) is 42.2 Å². The van der Waals surface area contributed by atoms with Gasteiger partial charge in [-0.15, -0.1) is 0 Å². The van der Waals surface area contributed by atoms with Gasteiger partial charge in [0.1, 0.15) is 5.75 Å². The molecular weight excluding hydrogens is 250 g/mol. The Morgan fingerprint density at radius 3 is 2.85 bits per heavy atom. The number of nitrogens with zero attached hydrogens (tertiary/aromatic N) is 2. The lowest BCUT2D eigenvalue weighted by Gasteiger charge is -2.46. The molecule has 0 spiro atoms. The van der Waals surface area contributed by atoms with Crippen LogP contribution in [0.5, 0.6) is 5.75 Å². The molecule has 2 heterocycles. The fourth-order valence-corrected chi connectivity index (χ4v) is 3.82. The molecule has 2 fully saturated rings. The van der Waals surface area contributed by atoms with Gasteiger partial charge in [0.25, 0.3) is 0 Å². The maximum atomic E-state index is 6.19. The van der Waals surface area contributed by atoms with E-state index in [0.29, 0.717) is 0 Å². The summed E-state index contributed by atoms with van der Waals surface area (Å²) in [5.41, 5.74) is 8.18. The molecule has 2 aliphatic heterocycles. The lowest BCUT2D eigenvalue weighted by atomic mass is 9.84. The van der Waals surface area contributed by atoms with Crippen molar-refractivity contribution in [2.75, 3.05) is 44.4 Å². The lowest BCUT2D eigenvalue weighted by molar-refractivity contribution is 0.102. The van der Waals surface area contributed by atoms with Gasteiger partial charge >= 0.3 is 0 Å². The van der Waals surface area contributed by atoms with E-state index >= 15 is 0 Å². The summed E-state index contributed by atoms with van der Waals surface area (Å²) in [4.78, 5) is 5.00. The van der Waals surface area contributed by atoms with Gasteiger partial charge in [0.05, 0.1) is 18.5 Å². The minimum absolute atomic E-state index is 0.763. The number of likely N-dealkylation sites (tertiary alicyclic amines) is 1. The lowest BCUT2D eigenvalue weighted by Crippen LogP contribution is -2.52. The van der Waals surface area contributed by atoms with Gasteiger partial charge in [-0.05, 0) is 50.9 Å². The Morgan fingerprint density at radius 1 is 1.25 bits per heavy atom. The summed E-state index contributed by atoms with van der Waals surface area (Å²) < 4.78 is 5.23. The number of ether oxygens (including phenoxy) is 1. The fraction of sp³-hybridized carbons (Fsp3) is 0.625. The van der Waals surface area contributed by atoms with Crippen LogP contribution in [0.1, 0.15) is 19.3 Å². The van der Waals surface area contributed by atoms with Crippen LogP contribution in [0.2, 0.25) is 0 Å². The topological polar surface area (TPSA) is 41.7 Å². The van der Waals surface area contributed by atoms with Crippen molar-refractivity contribution in [3.63, 3.8) is 0 Å². The SMILES string of the molecule is COc1ccc(N2CCC3C(CCCN3C)C2)c(N)c1. The zero-order valence-corrected chi connectivity index (χ0v) is 12.5. The van der Waals surface area contributed by atoms with Crippen LogP contribution < -0.4 is 15.4 Å². The summed E-state index contributed by atoms with van der Waals surface area (Å²) in [5, 5.41) is 0. The molecule has 4 nitrogen and oxygen atoms in total. The molecule has 110 valence electrons. The predicted molar refractivity (Wildman–Crippen MR) is 83.4 cm³/mol. The van der Waals surface area contributed by atoms with Crippen LogP contribution in [0.4, 0.5) is 11.4 Å². The number of nitrogen functional groups attached to an aromatic ring is 1. The first-order chi connectivity index (χ1) is 9.69. The second-order valence-corrected chi connectivity index (χ2v) is 6.11. The summed E-state index contributed by atoms with van der Waals surface area (Å²) in [5.74, 6) is 1.61. The third kappa shape index (κ3) is 2.44. The standard InChI is InChI=1S/C16H25N3O/c1-18-8-3-4-12-11-19(9-7-15(12)18)16-6-5-13(20-2)10-14(16)17/h5-6,10,12,15H,3-4,7-9,11,17H2,1-2H3. The molecule has 1 aromatic rings. The van der Waals surface area contributed by atoms with Crippen LogP contribution in [0.15, 0.2) is 18.2 Å². The largest absolute Gasteiger partial charge is 0.497 e. The van der Waals surface area contributed by atoms with Crippen molar-refractivity contribution in [1.82, 2.24) is 4.90 Å². The number of hydrogen-bond donors (Lipinski definition) is 1. The molecule has 2 unspecified atom stereocenters. The van der Waals surface area contributed by atoms with E-state index in [9.17, 15) is 0 Å². The second-order valence-electron chi connectivity index (χ2n) is 6.11. The van der Waals surface area contributed by atoms with Crippen LogP contribution in [0.25, 0.3) is 0 Å². The number of nitrogens with two attached hydrogens (primary N) is 1. The number of rotatable bonds is 2. The first-order valence-electron chi connectivity index (χ1n) is 7.57. The molecule has 3 rings (SSSR count). The Hall–Kier alpha value is -1.42. The van der Waals surface area contributed by atoms with Gasteiger partial charge < -0.3 is 20.3 Å². The monoisotopic (exact) mass is 275 g/mol. The maximum absolute atomic E-state index is 6.19. The zero-order chi connectivity index (χ0) is 14.1. The summed E-state index contributed by atoms with van der Waals surface area (Å²) >= 11 is 0. The Labute approximate surface area is 121 Å². The molecule has 4 heteroatoms. The van der Waals surface area contributed by atoms with Gasteiger partial charge in [-0.2, -0.15) is 0 Å². The molecule has 2 saturated heterocycles. The molecule has 0 aromatic heterocycles. The zero-order valence-electron chi connectivity index (χ0n) is 12.5. The fourth-order valence-electron chi connectivity index (χ4n) is 3.82. The normalized spacial score (nSPS) is 27.2. The van der Waals surface area contributed by atoms with Crippen molar-refractivity contribution in [3.8, 4) is 5.75 Å². The van der Waals surface area contributed by atoms with Crippen molar-refractivity contribution < 1.29 is 4.74 Å². The first kappa shape index (κ1) is 13.6. The van der Waals surface area contributed by atoms with Crippen molar-refractivity contribution in [2.24, 2.45) is 5.92 Å². The Morgan fingerprint density at radius 2 is 2.10 bits per heavy atom. The van der Waals surface area contributed by atoms with E-state index in [2.05, 4.69) is 22.9 Å². The van der Waals surface area contributed by atoms with E-state index in [1.165, 1.54) is 25.8 Å². The number of hydrogen-bond acceptors (Lipinski definition) is 4. The molecule has 2 aliphatic rings. The highest BCUT2D eigenvalue weighted by Gasteiger charge is 2.34. The number of benzene rings is 1. The average molecular weight is 275 g/mol. The van der Waals surface area contributed by atoms with Gasteiger partial charge in [0, 0.05) is 25.2 Å². The molecular formula is C16H25N3O. The van der Waals surface area contributed by atoms with Crippen molar-refractivity contribution in [2.45, 2.75) is 25.3 Å². The van der Waals surface area contributed by atoms with E-state index in [-0.39, 0.29) is 0 Å². The smallest absolute Gasteiger partial charge is 0.121 e. The van der Waals surface area contributed by atoms with E-state index in [4.69, 9.17) is 10.5 Å². The highest BCUT2D eigenvalue weighted by atomic mass is 16.5. The van der Waals surface area contributed by atoms with Crippen LogP contribution in [0, 0.1) is 5.92 Å². The highest BCUT2D eigenvalue weighted by molar-refractivity contribution is 5.69. The number of anilines is 2. The van der Waals surface area contributed by atoms with E-state index in [1.54, 1.807) is 7.11 Å². The van der Waals surface area contributed by atoms with Gasteiger partial charge in [-0.25, -0.2) is 0 Å². The minimum atomic E-state index is 0.763. The summed E-state index contributed by atoms with van der Waals surface area (Å²) in [6, 6.07) is 6.79. The van der Waals surface area contributed by atoms with Gasteiger partial charge in [-0.3, -0.25) is 0 Å². The van der Waals surface area contributed by atoms with Gasteiger partial charge in [0.15, 0.2) is 0 Å². The third-order valence-corrected chi connectivity index (χ3v) is 4.92. The number of fused-ring (bicyclic) bond motifs is 1. The summed E-state index contributed by atoms with van der Waals surface area (Å²) in [7, 11) is 3.95. The molecule has 0 saturated carbocycles.